The predicted octanol–water partition coefficient (Wildman–Crippen LogP) is 3.31. The summed E-state index contributed by atoms with van der Waals surface area (Å²) in [5, 5.41) is 0.298. The van der Waals surface area contributed by atoms with E-state index in [1.165, 1.54) is 6.92 Å². The molecule has 6 nitrogen and oxygen atoms in total. The first kappa shape index (κ1) is 20.3. The van der Waals surface area contributed by atoms with Crippen LogP contribution in [0.1, 0.15) is 32.3 Å². The molecule has 1 fully saturated rings. The zero-order valence-corrected chi connectivity index (χ0v) is 18.1. The average Bonchev–Trinajstić information content (AvgIpc) is 3.09. The van der Waals surface area contributed by atoms with Gasteiger partial charge in [-0.15, -0.1) is 0 Å². The standard InChI is InChI=1S/C18H24N2O4S3/c1-4-26(21,22)18-19-16(17(25-18)20-11-5-6-14(3)12-20)27(23,24)15-9-7-13(2)8-10-15/h7-10,14H,4-6,11-12H2,1-3H3/t14-/m0/s1. The molecule has 148 valence electrons. The third-order valence-corrected chi connectivity index (χ3v) is 9.86. The molecule has 1 aromatic carbocycles. The lowest BCUT2D eigenvalue weighted by Gasteiger charge is -2.31. The van der Waals surface area contributed by atoms with Crippen LogP contribution in [0.15, 0.2) is 38.5 Å². The minimum atomic E-state index is -3.91. The number of benzene rings is 1. The number of piperidine rings is 1. The molecule has 0 unspecified atom stereocenters. The Balaban J connectivity index is 2.16. The van der Waals surface area contributed by atoms with Crippen LogP contribution in [0.4, 0.5) is 5.00 Å². The fraction of sp³-hybridized carbons (Fsp3) is 0.500. The van der Waals surface area contributed by atoms with Crippen molar-refractivity contribution in [2.75, 3.05) is 23.7 Å². The van der Waals surface area contributed by atoms with E-state index in [0.717, 1.165) is 29.7 Å². The summed E-state index contributed by atoms with van der Waals surface area (Å²) >= 11 is 0.972. The van der Waals surface area contributed by atoms with Crippen LogP contribution in [0.25, 0.3) is 0 Å². The molecular formula is C18H24N2O4S3. The largest absolute Gasteiger partial charge is 0.361 e. The van der Waals surface area contributed by atoms with Gasteiger partial charge in [0.05, 0.1) is 10.6 Å². The first-order valence-electron chi connectivity index (χ1n) is 8.95. The van der Waals surface area contributed by atoms with Gasteiger partial charge in [0.1, 0.15) is 5.00 Å². The van der Waals surface area contributed by atoms with Crippen molar-refractivity contribution < 1.29 is 16.8 Å². The topological polar surface area (TPSA) is 84.4 Å². The highest BCUT2D eigenvalue weighted by molar-refractivity contribution is 7.94. The van der Waals surface area contributed by atoms with Gasteiger partial charge in [0.2, 0.25) is 24.0 Å². The number of sulfone groups is 2. The van der Waals surface area contributed by atoms with E-state index in [9.17, 15) is 16.8 Å². The molecule has 2 aromatic rings. The Bertz CT molecular complexity index is 1030. The fourth-order valence-electron chi connectivity index (χ4n) is 3.11. The smallest absolute Gasteiger partial charge is 0.226 e. The third kappa shape index (κ3) is 4.05. The first-order chi connectivity index (χ1) is 12.6. The highest BCUT2D eigenvalue weighted by Crippen LogP contribution is 2.39. The van der Waals surface area contributed by atoms with Gasteiger partial charge in [-0.05, 0) is 37.8 Å². The zero-order valence-electron chi connectivity index (χ0n) is 15.7. The lowest BCUT2D eigenvalue weighted by molar-refractivity contribution is 0.446. The molecule has 0 saturated carbocycles. The lowest BCUT2D eigenvalue weighted by Crippen LogP contribution is -2.34. The van der Waals surface area contributed by atoms with Gasteiger partial charge in [-0.1, -0.05) is 42.9 Å². The van der Waals surface area contributed by atoms with E-state index in [4.69, 9.17) is 0 Å². The molecule has 9 heteroatoms. The zero-order chi connectivity index (χ0) is 19.8. The molecule has 1 aliphatic heterocycles. The van der Waals surface area contributed by atoms with Crippen molar-refractivity contribution in [3.63, 3.8) is 0 Å². The molecule has 1 saturated heterocycles. The maximum atomic E-state index is 13.2. The van der Waals surface area contributed by atoms with E-state index in [1.54, 1.807) is 24.3 Å². The van der Waals surface area contributed by atoms with Gasteiger partial charge in [0, 0.05) is 13.1 Å². The van der Waals surface area contributed by atoms with Crippen molar-refractivity contribution in [3.8, 4) is 0 Å². The van der Waals surface area contributed by atoms with Crippen molar-refractivity contribution in [3.05, 3.63) is 29.8 Å². The minimum Gasteiger partial charge on any atom is -0.361 e. The Morgan fingerprint density at radius 2 is 1.85 bits per heavy atom. The molecule has 1 aromatic heterocycles. The fourth-order valence-corrected chi connectivity index (χ4v) is 7.28. The second kappa shape index (κ2) is 7.52. The number of hydrogen-bond donors (Lipinski definition) is 0. The van der Waals surface area contributed by atoms with E-state index >= 15 is 0 Å². The number of hydrogen-bond acceptors (Lipinski definition) is 7. The predicted molar refractivity (Wildman–Crippen MR) is 107 cm³/mol. The third-order valence-electron chi connectivity index (χ3n) is 4.74. The molecule has 0 radical (unpaired) electrons. The van der Waals surface area contributed by atoms with E-state index in [2.05, 4.69) is 11.9 Å². The minimum absolute atomic E-state index is 0.111. The molecule has 0 amide bonds. The maximum Gasteiger partial charge on any atom is 0.226 e. The molecule has 0 spiro atoms. The van der Waals surface area contributed by atoms with Crippen LogP contribution in [-0.2, 0) is 19.7 Å². The van der Waals surface area contributed by atoms with Gasteiger partial charge in [-0.2, -0.15) is 0 Å². The number of nitrogens with zero attached hydrogens (tertiary/aromatic N) is 2. The van der Waals surface area contributed by atoms with Crippen LogP contribution in [-0.4, -0.2) is 40.7 Å². The highest BCUT2D eigenvalue weighted by Gasteiger charge is 2.33. The monoisotopic (exact) mass is 428 g/mol. The molecule has 1 atom stereocenters. The van der Waals surface area contributed by atoms with Gasteiger partial charge in [0.25, 0.3) is 0 Å². The molecule has 2 heterocycles. The number of aryl methyl sites for hydroxylation is 1. The SMILES string of the molecule is CCS(=O)(=O)c1nc(S(=O)(=O)c2ccc(C)cc2)c(N2CCC[C@H](C)C2)s1. The Hall–Kier alpha value is -1.45. The van der Waals surface area contributed by atoms with Gasteiger partial charge in [-0.25, -0.2) is 21.8 Å². The van der Waals surface area contributed by atoms with Crippen LogP contribution in [0, 0.1) is 12.8 Å². The number of rotatable bonds is 5. The number of thiazole rings is 1. The van der Waals surface area contributed by atoms with Gasteiger partial charge in [0.15, 0.2) is 5.03 Å². The first-order valence-corrected chi connectivity index (χ1v) is 12.9. The Morgan fingerprint density at radius 3 is 2.44 bits per heavy atom. The molecule has 0 bridgehead atoms. The second-order valence-corrected chi connectivity index (χ2v) is 12.3. The summed E-state index contributed by atoms with van der Waals surface area (Å²) in [6.45, 7) is 6.93. The van der Waals surface area contributed by atoms with Crippen molar-refractivity contribution >= 4 is 36.0 Å². The quantitative estimate of drug-likeness (QED) is 0.726. The van der Waals surface area contributed by atoms with Gasteiger partial charge in [-0.3, -0.25) is 0 Å². The van der Waals surface area contributed by atoms with Crippen LogP contribution in [0.3, 0.4) is 0 Å². The van der Waals surface area contributed by atoms with Gasteiger partial charge >= 0.3 is 0 Å². The Labute approximate surface area is 165 Å². The molecule has 0 N–H and O–H groups in total. The van der Waals surface area contributed by atoms with Crippen LogP contribution in [0.5, 0.6) is 0 Å². The summed E-state index contributed by atoms with van der Waals surface area (Å²) in [4.78, 5) is 6.23. The maximum absolute atomic E-state index is 13.2. The normalized spacial score (nSPS) is 18.6. The van der Waals surface area contributed by atoms with Crippen molar-refractivity contribution in [2.45, 2.75) is 47.9 Å². The number of aromatic nitrogens is 1. The summed E-state index contributed by atoms with van der Waals surface area (Å²) in [7, 11) is -7.49. The van der Waals surface area contributed by atoms with E-state index in [-0.39, 0.29) is 20.0 Å². The van der Waals surface area contributed by atoms with E-state index in [1.807, 2.05) is 11.8 Å². The van der Waals surface area contributed by atoms with Crippen molar-refractivity contribution in [2.24, 2.45) is 5.92 Å². The van der Waals surface area contributed by atoms with Gasteiger partial charge < -0.3 is 4.90 Å². The molecule has 3 rings (SSSR count). The van der Waals surface area contributed by atoms with Crippen LogP contribution < -0.4 is 4.90 Å². The molecular weight excluding hydrogens is 404 g/mol. The summed E-state index contributed by atoms with van der Waals surface area (Å²) in [5.74, 6) is 0.308. The van der Waals surface area contributed by atoms with Crippen LogP contribution in [0.2, 0.25) is 0 Å². The van der Waals surface area contributed by atoms with E-state index < -0.39 is 19.7 Å². The molecule has 1 aliphatic rings. The van der Waals surface area contributed by atoms with Crippen molar-refractivity contribution in [1.29, 1.82) is 0 Å². The Kier molecular flexibility index (Phi) is 5.65. The highest BCUT2D eigenvalue weighted by atomic mass is 32.2. The second-order valence-electron chi connectivity index (χ2n) is 7.00. The lowest BCUT2D eigenvalue weighted by atomic mass is 10.0. The molecule has 27 heavy (non-hydrogen) atoms. The van der Waals surface area contributed by atoms with Crippen LogP contribution >= 0.6 is 11.3 Å². The summed E-state index contributed by atoms with van der Waals surface area (Å²) in [5.41, 5.74) is 0.951. The molecule has 0 aliphatic carbocycles. The van der Waals surface area contributed by atoms with Crippen molar-refractivity contribution in [1.82, 2.24) is 4.98 Å². The Morgan fingerprint density at radius 1 is 1.19 bits per heavy atom. The summed E-state index contributed by atoms with van der Waals surface area (Å²) in [6, 6.07) is 6.54. The number of anilines is 1. The summed E-state index contributed by atoms with van der Waals surface area (Å²) in [6.07, 6.45) is 2.02. The summed E-state index contributed by atoms with van der Waals surface area (Å²) < 4.78 is 51.1. The average molecular weight is 429 g/mol. The van der Waals surface area contributed by atoms with E-state index in [0.29, 0.717) is 24.0 Å².